The summed E-state index contributed by atoms with van der Waals surface area (Å²) >= 11 is 0. The van der Waals surface area contributed by atoms with Gasteiger partial charge in [0.05, 0.1) is 0 Å². The molecule has 2 aliphatic rings. The van der Waals surface area contributed by atoms with Crippen LogP contribution in [0.4, 0.5) is 11.4 Å². The van der Waals surface area contributed by atoms with Gasteiger partial charge < -0.3 is 9.64 Å². The lowest BCUT2D eigenvalue weighted by Crippen LogP contribution is -2.40. The molecule has 1 saturated heterocycles. The molecular weight excluding hydrogens is 308 g/mol. The van der Waals surface area contributed by atoms with E-state index < -0.39 is 0 Å². The van der Waals surface area contributed by atoms with Crippen LogP contribution < -0.4 is 4.90 Å². The molecule has 0 N–H and O–H groups in total. The van der Waals surface area contributed by atoms with Gasteiger partial charge in [0.2, 0.25) is 0 Å². The molecule has 3 heteroatoms. The predicted octanol–water partition coefficient (Wildman–Crippen LogP) is 4.38. The van der Waals surface area contributed by atoms with Crippen LogP contribution in [0, 0.1) is 0 Å². The summed E-state index contributed by atoms with van der Waals surface area (Å²) in [4.78, 5) is 5.07. The molecule has 0 aromatic heterocycles. The third-order valence-corrected chi connectivity index (χ3v) is 5.68. The third-order valence-electron chi connectivity index (χ3n) is 5.68. The van der Waals surface area contributed by atoms with Gasteiger partial charge in [0.1, 0.15) is 0 Å². The highest BCUT2D eigenvalue weighted by Gasteiger charge is 2.24. The fourth-order valence-electron chi connectivity index (χ4n) is 4.28. The van der Waals surface area contributed by atoms with E-state index in [-0.39, 0.29) is 0 Å². The Labute approximate surface area is 151 Å². The van der Waals surface area contributed by atoms with Gasteiger partial charge in [-0.2, -0.15) is 0 Å². The van der Waals surface area contributed by atoms with E-state index in [0.717, 1.165) is 45.6 Å². The molecule has 4 rings (SSSR count). The van der Waals surface area contributed by atoms with Crippen LogP contribution in [-0.4, -0.2) is 37.7 Å². The van der Waals surface area contributed by atoms with Crippen molar-refractivity contribution in [2.75, 3.05) is 31.7 Å². The molecule has 25 heavy (non-hydrogen) atoms. The fraction of sp³-hybridized carbons (Fsp3) is 0.455. The third kappa shape index (κ3) is 3.58. The molecule has 2 aromatic rings. The van der Waals surface area contributed by atoms with E-state index in [1.54, 1.807) is 0 Å². The van der Waals surface area contributed by atoms with E-state index in [2.05, 4.69) is 65.4 Å². The van der Waals surface area contributed by atoms with Gasteiger partial charge in [-0.15, -0.1) is 0 Å². The molecular formula is C22H28N2O. The van der Waals surface area contributed by atoms with Gasteiger partial charge in [-0.3, -0.25) is 4.90 Å². The number of fused-ring (bicyclic) bond motifs is 2. The van der Waals surface area contributed by atoms with Crippen molar-refractivity contribution in [2.45, 2.75) is 38.3 Å². The molecule has 0 bridgehead atoms. The molecule has 0 aliphatic carbocycles. The van der Waals surface area contributed by atoms with Crippen molar-refractivity contribution in [3.05, 3.63) is 59.7 Å². The summed E-state index contributed by atoms with van der Waals surface area (Å²) in [5.41, 5.74) is 5.55. The second-order valence-electron chi connectivity index (χ2n) is 7.23. The number of benzene rings is 2. The van der Waals surface area contributed by atoms with Crippen LogP contribution in [0.5, 0.6) is 0 Å². The van der Waals surface area contributed by atoms with Gasteiger partial charge in [-0.05, 0) is 55.5 Å². The van der Waals surface area contributed by atoms with E-state index >= 15 is 0 Å². The summed E-state index contributed by atoms with van der Waals surface area (Å²) in [6.45, 7) is 4.02. The van der Waals surface area contributed by atoms with E-state index in [0.29, 0.717) is 6.04 Å². The van der Waals surface area contributed by atoms with Crippen molar-refractivity contribution in [3.8, 4) is 0 Å². The predicted molar refractivity (Wildman–Crippen MR) is 104 cm³/mol. The number of ether oxygens (including phenoxy) is 1. The maximum Gasteiger partial charge on any atom is 0.0480 e. The number of anilines is 2. The van der Waals surface area contributed by atoms with Gasteiger partial charge in [-0.1, -0.05) is 36.4 Å². The Morgan fingerprint density at radius 2 is 1.52 bits per heavy atom. The second kappa shape index (κ2) is 7.59. The molecule has 1 fully saturated rings. The van der Waals surface area contributed by atoms with Crippen LogP contribution in [0.2, 0.25) is 0 Å². The number of para-hydroxylation sites is 2. The van der Waals surface area contributed by atoms with Gasteiger partial charge in [-0.25, -0.2) is 0 Å². The summed E-state index contributed by atoms with van der Waals surface area (Å²) in [5, 5.41) is 0. The smallest absolute Gasteiger partial charge is 0.0480 e. The first kappa shape index (κ1) is 16.6. The normalized spacial score (nSPS) is 20.0. The first-order valence-corrected chi connectivity index (χ1v) is 9.54. The molecule has 0 unspecified atom stereocenters. The Kier molecular flexibility index (Phi) is 5.04. The Morgan fingerprint density at radius 3 is 2.28 bits per heavy atom. The van der Waals surface area contributed by atoms with Crippen molar-refractivity contribution in [2.24, 2.45) is 0 Å². The summed E-state index contributed by atoms with van der Waals surface area (Å²) in [7, 11) is 2.21. The van der Waals surface area contributed by atoms with E-state index in [4.69, 9.17) is 4.74 Å². The molecule has 132 valence electrons. The first-order chi connectivity index (χ1) is 12.3. The molecule has 0 amide bonds. The zero-order valence-corrected chi connectivity index (χ0v) is 15.2. The topological polar surface area (TPSA) is 15.7 Å². The van der Waals surface area contributed by atoms with Crippen LogP contribution in [0.1, 0.15) is 30.4 Å². The van der Waals surface area contributed by atoms with Gasteiger partial charge in [0.15, 0.2) is 0 Å². The minimum atomic E-state index is 0.654. The molecule has 2 heterocycles. The SMILES string of the molecule is CN1c2ccccc2CCCN(C2CCOCC2)Cc2ccccc21. The van der Waals surface area contributed by atoms with Crippen LogP contribution in [0.3, 0.4) is 0 Å². The number of nitrogens with zero attached hydrogens (tertiary/aromatic N) is 2. The maximum atomic E-state index is 5.59. The lowest BCUT2D eigenvalue weighted by atomic mass is 10.0. The van der Waals surface area contributed by atoms with Gasteiger partial charge >= 0.3 is 0 Å². The van der Waals surface area contributed by atoms with E-state index in [9.17, 15) is 0 Å². The quantitative estimate of drug-likeness (QED) is 0.768. The minimum absolute atomic E-state index is 0.654. The molecule has 2 aromatic carbocycles. The Balaban J connectivity index is 1.70. The highest BCUT2D eigenvalue weighted by molar-refractivity contribution is 5.68. The van der Waals surface area contributed by atoms with Crippen LogP contribution >= 0.6 is 0 Å². The minimum Gasteiger partial charge on any atom is -0.381 e. The van der Waals surface area contributed by atoms with Crippen molar-refractivity contribution < 1.29 is 4.74 Å². The van der Waals surface area contributed by atoms with Crippen LogP contribution in [0.15, 0.2) is 48.5 Å². The summed E-state index contributed by atoms with van der Waals surface area (Å²) in [6, 6.07) is 18.4. The largest absolute Gasteiger partial charge is 0.381 e. The number of hydrogen-bond donors (Lipinski definition) is 0. The van der Waals surface area contributed by atoms with Crippen molar-refractivity contribution >= 4 is 11.4 Å². The van der Waals surface area contributed by atoms with Gasteiger partial charge in [0, 0.05) is 44.2 Å². The molecule has 3 nitrogen and oxygen atoms in total. The monoisotopic (exact) mass is 336 g/mol. The molecule has 0 saturated carbocycles. The number of rotatable bonds is 1. The summed E-state index contributed by atoms with van der Waals surface area (Å²) in [5.74, 6) is 0. The Bertz CT molecular complexity index is 709. The Morgan fingerprint density at radius 1 is 0.880 bits per heavy atom. The highest BCUT2D eigenvalue weighted by Crippen LogP contribution is 2.33. The standard InChI is InChI=1S/C22H28N2O/c1-23-21-10-4-2-7-18(21)9-6-14-24(20-12-15-25-16-13-20)17-19-8-3-5-11-22(19)23/h2-5,7-8,10-11,20H,6,9,12-17H2,1H3. The zero-order chi connectivity index (χ0) is 17.1. The van der Waals surface area contributed by atoms with E-state index in [1.807, 2.05) is 0 Å². The summed E-state index contributed by atoms with van der Waals surface area (Å²) < 4.78 is 5.59. The van der Waals surface area contributed by atoms with Crippen molar-refractivity contribution in [1.82, 2.24) is 4.90 Å². The molecule has 0 atom stereocenters. The first-order valence-electron chi connectivity index (χ1n) is 9.54. The van der Waals surface area contributed by atoms with Crippen LogP contribution in [0.25, 0.3) is 0 Å². The highest BCUT2D eigenvalue weighted by atomic mass is 16.5. The van der Waals surface area contributed by atoms with Crippen molar-refractivity contribution in [1.29, 1.82) is 0 Å². The van der Waals surface area contributed by atoms with Gasteiger partial charge in [0.25, 0.3) is 0 Å². The second-order valence-corrected chi connectivity index (χ2v) is 7.23. The lowest BCUT2D eigenvalue weighted by molar-refractivity contribution is 0.0305. The molecule has 0 radical (unpaired) electrons. The Hall–Kier alpha value is -1.84. The molecule has 0 spiro atoms. The number of aryl methyl sites for hydroxylation is 1. The molecule has 2 aliphatic heterocycles. The fourth-order valence-corrected chi connectivity index (χ4v) is 4.28. The number of hydrogen-bond acceptors (Lipinski definition) is 3. The maximum absolute atomic E-state index is 5.59. The average Bonchev–Trinajstić information content (AvgIpc) is 2.68. The lowest BCUT2D eigenvalue weighted by Gasteiger charge is -2.36. The van der Waals surface area contributed by atoms with Crippen LogP contribution in [-0.2, 0) is 17.7 Å². The average molecular weight is 336 g/mol. The summed E-state index contributed by atoms with van der Waals surface area (Å²) in [6.07, 6.45) is 4.68. The van der Waals surface area contributed by atoms with E-state index in [1.165, 1.54) is 28.9 Å². The zero-order valence-electron chi connectivity index (χ0n) is 15.2. The van der Waals surface area contributed by atoms with Crippen molar-refractivity contribution in [3.63, 3.8) is 0 Å².